The van der Waals surface area contributed by atoms with Crippen LogP contribution in [0.5, 0.6) is 0 Å². The molecule has 1 aliphatic heterocycles. The summed E-state index contributed by atoms with van der Waals surface area (Å²) < 4.78 is 5.31. The average Bonchev–Trinajstić information content (AvgIpc) is 2.65. The molecule has 1 saturated carbocycles. The number of hydrogen-bond acceptors (Lipinski definition) is 3. The van der Waals surface area contributed by atoms with E-state index in [0.29, 0.717) is 17.6 Å². The maximum atomic E-state index is 5.31. The molecule has 0 bridgehead atoms. The van der Waals surface area contributed by atoms with E-state index >= 15 is 0 Å². The fourth-order valence-corrected chi connectivity index (χ4v) is 2.88. The van der Waals surface area contributed by atoms with Gasteiger partial charge >= 0.3 is 0 Å². The van der Waals surface area contributed by atoms with Crippen molar-refractivity contribution in [2.24, 2.45) is 11.3 Å². The Morgan fingerprint density at radius 3 is 2.69 bits per heavy atom. The Morgan fingerprint density at radius 1 is 1.44 bits per heavy atom. The van der Waals surface area contributed by atoms with Crippen LogP contribution in [0.3, 0.4) is 0 Å². The molecule has 1 saturated heterocycles. The Bertz CT molecular complexity index is 218. The number of ether oxygens (including phenoxy) is 1. The Labute approximate surface area is 99.3 Å². The fraction of sp³-hybridized carbons (Fsp3) is 1.00. The highest BCUT2D eigenvalue weighted by Gasteiger charge is 2.38. The third-order valence-corrected chi connectivity index (χ3v) is 4.67. The summed E-state index contributed by atoms with van der Waals surface area (Å²) in [4.78, 5) is 0. The number of methoxy groups -OCH3 is 1. The van der Waals surface area contributed by atoms with Crippen LogP contribution in [0.15, 0.2) is 0 Å². The molecule has 16 heavy (non-hydrogen) atoms. The Morgan fingerprint density at radius 2 is 2.19 bits per heavy atom. The van der Waals surface area contributed by atoms with Gasteiger partial charge in [0.1, 0.15) is 0 Å². The zero-order valence-corrected chi connectivity index (χ0v) is 10.9. The molecule has 1 aliphatic carbocycles. The SMILES string of the molecule is COC1CC(NCC2(C(C)C)CCNC2)C1. The van der Waals surface area contributed by atoms with Crippen LogP contribution in [-0.2, 0) is 4.74 Å². The van der Waals surface area contributed by atoms with Gasteiger partial charge in [0.05, 0.1) is 6.10 Å². The molecule has 1 heterocycles. The summed E-state index contributed by atoms with van der Waals surface area (Å²) in [6.45, 7) is 8.24. The van der Waals surface area contributed by atoms with Crippen molar-refractivity contribution in [3.8, 4) is 0 Å². The van der Waals surface area contributed by atoms with Crippen LogP contribution in [0.1, 0.15) is 33.1 Å². The van der Waals surface area contributed by atoms with Crippen molar-refractivity contribution in [3.05, 3.63) is 0 Å². The van der Waals surface area contributed by atoms with E-state index in [1.807, 2.05) is 7.11 Å². The topological polar surface area (TPSA) is 33.3 Å². The summed E-state index contributed by atoms with van der Waals surface area (Å²) in [6, 6.07) is 0.696. The standard InChI is InChI=1S/C13H26N2O/c1-10(2)13(4-5-14-8-13)9-15-11-6-12(7-11)16-3/h10-12,14-15H,4-9H2,1-3H3. The molecule has 1 unspecified atom stereocenters. The van der Waals surface area contributed by atoms with Gasteiger partial charge in [-0.3, -0.25) is 0 Å². The van der Waals surface area contributed by atoms with Crippen LogP contribution in [0.25, 0.3) is 0 Å². The second kappa shape index (κ2) is 5.03. The monoisotopic (exact) mass is 226 g/mol. The van der Waals surface area contributed by atoms with Gasteiger partial charge in [-0.1, -0.05) is 13.8 Å². The van der Waals surface area contributed by atoms with Crippen molar-refractivity contribution in [2.45, 2.75) is 45.3 Å². The van der Waals surface area contributed by atoms with E-state index in [1.165, 1.54) is 38.9 Å². The van der Waals surface area contributed by atoms with Crippen molar-refractivity contribution in [1.82, 2.24) is 10.6 Å². The maximum Gasteiger partial charge on any atom is 0.0601 e. The molecule has 0 spiro atoms. The predicted molar refractivity (Wildman–Crippen MR) is 66.6 cm³/mol. The van der Waals surface area contributed by atoms with Crippen molar-refractivity contribution in [1.29, 1.82) is 0 Å². The van der Waals surface area contributed by atoms with Gasteiger partial charge in [-0.05, 0) is 37.1 Å². The van der Waals surface area contributed by atoms with Crippen molar-refractivity contribution in [3.63, 3.8) is 0 Å². The summed E-state index contributed by atoms with van der Waals surface area (Å²) in [6.07, 6.45) is 4.21. The van der Waals surface area contributed by atoms with Gasteiger partial charge in [-0.2, -0.15) is 0 Å². The number of rotatable bonds is 5. The van der Waals surface area contributed by atoms with Gasteiger partial charge in [0.2, 0.25) is 0 Å². The molecule has 0 aromatic heterocycles. The second-order valence-electron chi connectivity index (χ2n) is 5.85. The normalized spacial score (nSPS) is 39.0. The smallest absolute Gasteiger partial charge is 0.0601 e. The van der Waals surface area contributed by atoms with E-state index < -0.39 is 0 Å². The summed E-state index contributed by atoms with van der Waals surface area (Å²) in [5.74, 6) is 0.758. The first kappa shape index (κ1) is 12.3. The lowest BCUT2D eigenvalue weighted by Crippen LogP contribution is -2.50. The maximum absolute atomic E-state index is 5.31. The predicted octanol–water partition coefficient (Wildman–Crippen LogP) is 1.39. The van der Waals surface area contributed by atoms with Gasteiger partial charge in [0.15, 0.2) is 0 Å². The van der Waals surface area contributed by atoms with Gasteiger partial charge in [0, 0.05) is 26.2 Å². The van der Waals surface area contributed by atoms with E-state index in [0.717, 1.165) is 5.92 Å². The number of hydrogen-bond donors (Lipinski definition) is 2. The summed E-state index contributed by atoms with van der Waals surface area (Å²) in [5.41, 5.74) is 0.484. The van der Waals surface area contributed by atoms with E-state index in [2.05, 4.69) is 24.5 Å². The molecule has 0 aromatic carbocycles. The minimum absolute atomic E-state index is 0.484. The minimum Gasteiger partial charge on any atom is -0.381 e. The first-order valence-corrected chi connectivity index (χ1v) is 6.63. The van der Waals surface area contributed by atoms with Crippen LogP contribution >= 0.6 is 0 Å². The van der Waals surface area contributed by atoms with Gasteiger partial charge in [-0.25, -0.2) is 0 Å². The first-order valence-electron chi connectivity index (χ1n) is 6.63. The summed E-state index contributed by atoms with van der Waals surface area (Å²) >= 11 is 0. The third-order valence-electron chi connectivity index (χ3n) is 4.67. The number of nitrogens with one attached hydrogen (secondary N) is 2. The van der Waals surface area contributed by atoms with E-state index in [-0.39, 0.29) is 0 Å². The van der Waals surface area contributed by atoms with E-state index in [4.69, 9.17) is 4.74 Å². The van der Waals surface area contributed by atoms with Crippen LogP contribution in [0.4, 0.5) is 0 Å². The van der Waals surface area contributed by atoms with Crippen LogP contribution in [-0.4, -0.2) is 38.9 Å². The van der Waals surface area contributed by atoms with Crippen LogP contribution in [0.2, 0.25) is 0 Å². The summed E-state index contributed by atoms with van der Waals surface area (Å²) in [5, 5.41) is 7.24. The average molecular weight is 226 g/mol. The molecule has 1 atom stereocenters. The quantitative estimate of drug-likeness (QED) is 0.743. The van der Waals surface area contributed by atoms with Crippen LogP contribution < -0.4 is 10.6 Å². The Hall–Kier alpha value is -0.120. The highest BCUT2D eigenvalue weighted by atomic mass is 16.5. The molecule has 3 heteroatoms. The van der Waals surface area contributed by atoms with E-state index in [1.54, 1.807) is 0 Å². The third kappa shape index (κ3) is 2.41. The first-order chi connectivity index (χ1) is 7.66. The van der Waals surface area contributed by atoms with Crippen LogP contribution in [0, 0.1) is 11.3 Å². The summed E-state index contributed by atoms with van der Waals surface area (Å²) in [7, 11) is 1.82. The molecule has 2 aliphatic rings. The van der Waals surface area contributed by atoms with Crippen molar-refractivity contribution < 1.29 is 4.74 Å². The highest BCUT2D eigenvalue weighted by Crippen LogP contribution is 2.34. The molecule has 0 amide bonds. The Balaban J connectivity index is 1.75. The Kier molecular flexibility index (Phi) is 3.88. The van der Waals surface area contributed by atoms with Gasteiger partial charge in [0.25, 0.3) is 0 Å². The second-order valence-corrected chi connectivity index (χ2v) is 5.85. The lowest BCUT2D eigenvalue weighted by molar-refractivity contribution is 0.0130. The van der Waals surface area contributed by atoms with Crippen molar-refractivity contribution >= 4 is 0 Å². The van der Waals surface area contributed by atoms with Gasteiger partial charge < -0.3 is 15.4 Å². The molecule has 94 valence electrons. The fourth-order valence-electron chi connectivity index (χ4n) is 2.88. The molecular formula is C13H26N2O. The molecule has 0 aromatic rings. The molecular weight excluding hydrogens is 200 g/mol. The largest absolute Gasteiger partial charge is 0.381 e. The molecule has 0 radical (unpaired) electrons. The molecule has 2 fully saturated rings. The van der Waals surface area contributed by atoms with Gasteiger partial charge in [-0.15, -0.1) is 0 Å². The van der Waals surface area contributed by atoms with E-state index in [9.17, 15) is 0 Å². The molecule has 2 N–H and O–H groups in total. The molecule has 3 nitrogen and oxygen atoms in total. The zero-order chi connectivity index (χ0) is 11.6. The minimum atomic E-state index is 0.484. The molecule has 2 rings (SSSR count). The highest BCUT2D eigenvalue weighted by molar-refractivity contribution is 4.95. The van der Waals surface area contributed by atoms with Crippen molar-refractivity contribution in [2.75, 3.05) is 26.7 Å². The lowest BCUT2D eigenvalue weighted by Gasteiger charge is -2.39. The lowest BCUT2D eigenvalue weighted by atomic mass is 9.75. The zero-order valence-electron chi connectivity index (χ0n) is 10.9.